The van der Waals surface area contributed by atoms with Crippen molar-refractivity contribution in [3.05, 3.63) is 30.1 Å². The largest absolute Gasteiger partial charge is 0.355 e. The third-order valence-electron chi connectivity index (χ3n) is 3.98. The molecule has 0 spiro atoms. The minimum absolute atomic E-state index is 0. The van der Waals surface area contributed by atoms with Gasteiger partial charge in [0.25, 0.3) is 0 Å². The molecular formula is C16H28Cl2N4O. The summed E-state index contributed by atoms with van der Waals surface area (Å²) in [6, 6.07) is 6.47. The van der Waals surface area contributed by atoms with Crippen LogP contribution in [0, 0.1) is 0 Å². The number of carbonyl (C=O) groups is 1. The van der Waals surface area contributed by atoms with Gasteiger partial charge in [-0.2, -0.15) is 0 Å². The fourth-order valence-electron chi connectivity index (χ4n) is 2.70. The second-order valence-corrected chi connectivity index (χ2v) is 5.67. The van der Waals surface area contributed by atoms with Crippen molar-refractivity contribution in [3.8, 4) is 0 Å². The van der Waals surface area contributed by atoms with Gasteiger partial charge in [0.2, 0.25) is 5.91 Å². The van der Waals surface area contributed by atoms with E-state index in [2.05, 4.69) is 20.5 Å². The van der Waals surface area contributed by atoms with Crippen LogP contribution in [0.2, 0.25) is 0 Å². The summed E-state index contributed by atoms with van der Waals surface area (Å²) in [5.41, 5.74) is 1.08. The van der Waals surface area contributed by atoms with Gasteiger partial charge in [-0.15, -0.1) is 24.8 Å². The number of pyridine rings is 1. The Bertz CT molecular complexity index is 427. The van der Waals surface area contributed by atoms with Gasteiger partial charge in [-0.25, -0.2) is 0 Å². The van der Waals surface area contributed by atoms with E-state index in [4.69, 9.17) is 0 Å². The average Bonchev–Trinajstić information content (AvgIpc) is 2.53. The molecule has 2 rings (SSSR count). The predicted molar refractivity (Wildman–Crippen MR) is 98.6 cm³/mol. The number of amides is 1. The quantitative estimate of drug-likeness (QED) is 0.724. The molecule has 1 aliphatic heterocycles. The maximum Gasteiger partial charge on any atom is 0.234 e. The van der Waals surface area contributed by atoms with Crippen molar-refractivity contribution >= 4 is 30.7 Å². The summed E-state index contributed by atoms with van der Waals surface area (Å²) in [5.74, 6) is 0.122. The number of piperidine rings is 1. The number of rotatable bonds is 7. The molecule has 23 heavy (non-hydrogen) atoms. The van der Waals surface area contributed by atoms with Crippen molar-refractivity contribution in [1.82, 2.24) is 20.5 Å². The minimum Gasteiger partial charge on any atom is -0.355 e. The van der Waals surface area contributed by atoms with E-state index in [0.717, 1.165) is 51.0 Å². The first-order chi connectivity index (χ1) is 10.3. The standard InChI is InChI=1S/C16H26N4O.2ClH/c1-20(15-7-11-17-12-8-15)13-16(21)19-10-4-6-14-5-2-3-9-18-14;;/h2-3,5,9,15,17H,4,6-8,10-13H2,1H3,(H,19,21);2*1H. The monoisotopic (exact) mass is 362 g/mol. The molecule has 1 aliphatic rings. The van der Waals surface area contributed by atoms with Crippen LogP contribution in [-0.4, -0.2) is 55.1 Å². The van der Waals surface area contributed by atoms with Crippen LogP contribution in [0.5, 0.6) is 0 Å². The Labute approximate surface area is 151 Å². The molecule has 0 bridgehead atoms. The number of aryl methyl sites for hydroxylation is 1. The van der Waals surface area contributed by atoms with E-state index in [1.807, 2.05) is 31.4 Å². The van der Waals surface area contributed by atoms with Crippen LogP contribution < -0.4 is 10.6 Å². The fraction of sp³-hybridized carbons (Fsp3) is 0.625. The van der Waals surface area contributed by atoms with Gasteiger partial charge in [-0.1, -0.05) is 6.07 Å². The summed E-state index contributed by atoms with van der Waals surface area (Å²) < 4.78 is 0. The van der Waals surface area contributed by atoms with Gasteiger partial charge in [0.05, 0.1) is 6.54 Å². The molecule has 0 atom stereocenters. The highest BCUT2D eigenvalue weighted by Gasteiger charge is 2.19. The Morgan fingerprint density at radius 3 is 2.74 bits per heavy atom. The van der Waals surface area contributed by atoms with Crippen LogP contribution in [0.25, 0.3) is 0 Å². The lowest BCUT2D eigenvalue weighted by atomic mass is 10.1. The molecule has 1 saturated heterocycles. The van der Waals surface area contributed by atoms with E-state index in [1.54, 1.807) is 0 Å². The molecular weight excluding hydrogens is 335 g/mol. The summed E-state index contributed by atoms with van der Waals surface area (Å²) >= 11 is 0. The number of nitrogens with zero attached hydrogens (tertiary/aromatic N) is 2. The highest BCUT2D eigenvalue weighted by atomic mass is 35.5. The van der Waals surface area contributed by atoms with Gasteiger partial charge in [-0.3, -0.25) is 14.7 Å². The molecule has 2 heterocycles. The van der Waals surface area contributed by atoms with E-state index >= 15 is 0 Å². The molecule has 2 N–H and O–H groups in total. The van der Waals surface area contributed by atoms with Crippen molar-refractivity contribution in [2.75, 3.05) is 33.2 Å². The summed E-state index contributed by atoms with van der Waals surface area (Å²) in [4.78, 5) is 18.4. The maximum absolute atomic E-state index is 11.9. The highest BCUT2D eigenvalue weighted by Crippen LogP contribution is 2.09. The zero-order valence-corrected chi connectivity index (χ0v) is 15.3. The Balaban J connectivity index is 0.00000242. The van der Waals surface area contributed by atoms with Crippen molar-refractivity contribution in [2.24, 2.45) is 0 Å². The van der Waals surface area contributed by atoms with Crippen LogP contribution >= 0.6 is 24.8 Å². The Morgan fingerprint density at radius 1 is 1.35 bits per heavy atom. The van der Waals surface area contributed by atoms with E-state index < -0.39 is 0 Å². The average molecular weight is 363 g/mol. The minimum atomic E-state index is 0. The topological polar surface area (TPSA) is 57.3 Å². The van der Waals surface area contributed by atoms with E-state index in [9.17, 15) is 4.79 Å². The van der Waals surface area contributed by atoms with Crippen molar-refractivity contribution < 1.29 is 4.79 Å². The Kier molecular flexibility index (Phi) is 12.1. The van der Waals surface area contributed by atoms with E-state index in [0.29, 0.717) is 12.6 Å². The third-order valence-corrected chi connectivity index (χ3v) is 3.98. The molecule has 1 fully saturated rings. The Hall–Kier alpha value is -0.880. The van der Waals surface area contributed by atoms with Crippen molar-refractivity contribution in [3.63, 3.8) is 0 Å². The maximum atomic E-state index is 11.9. The zero-order chi connectivity index (χ0) is 14.9. The van der Waals surface area contributed by atoms with Gasteiger partial charge in [0.15, 0.2) is 0 Å². The van der Waals surface area contributed by atoms with E-state index in [-0.39, 0.29) is 30.7 Å². The van der Waals surface area contributed by atoms with Gasteiger partial charge < -0.3 is 10.6 Å². The first kappa shape index (κ1) is 22.1. The SMILES string of the molecule is CN(CC(=O)NCCCc1ccccn1)C1CCNCC1.Cl.Cl. The van der Waals surface area contributed by atoms with Crippen molar-refractivity contribution in [1.29, 1.82) is 0 Å². The smallest absolute Gasteiger partial charge is 0.234 e. The van der Waals surface area contributed by atoms with Crippen LogP contribution in [0.1, 0.15) is 25.0 Å². The summed E-state index contributed by atoms with van der Waals surface area (Å²) in [6.07, 6.45) is 5.90. The second kappa shape index (κ2) is 12.5. The van der Waals surface area contributed by atoms with Gasteiger partial charge in [0, 0.05) is 24.5 Å². The number of aromatic nitrogens is 1. The number of hydrogen-bond donors (Lipinski definition) is 2. The van der Waals surface area contributed by atoms with Gasteiger partial charge >= 0.3 is 0 Å². The molecule has 0 unspecified atom stereocenters. The summed E-state index contributed by atoms with van der Waals surface area (Å²) in [5, 5.41) is 6.35. The first-order valence-electron chi connectivity index (χ1n) is 7.83. The number of halogens is 2. The van der Waals surface area contributed by atoms with Gasteiger partial charge in [0.1, 0.15) is 0 Å². The number of nitrogens with one attached hydrogen (secondary N) is 2. The Morgan fingerprint density at radius 2 is 2.09 bits per heavy atom. The molecule has 5 nitrogen and oxygen atoms in total. The number of likely N-dealkylation sites (N-methyl/N-ethyl adjacent to an activating group) is 1. The van der Waals surface area contributed by atoms with Gasteiger partial charge in [-0.05, 0) is 58.0 Å². The lowest BCUT2D eigenvalue weighted by Crippen LogP contribution is -2.45. The molecule has 0 radical (unpaired) electrons. The predicted octanol–water partition coefficient (Wildman–Crippen LogP) is 1.66. The van der Waals surface area contributed by atoms with Crippen LogP contribution in [0.4, 0.5) is 0 Å². The first-order valence-corrected chi connectivity index (χ1v) is 7.83. The summed E-state index contributed by atoms with van der Waals surface area (Å²) in [6.45, 7) is 3.32. The van der Waals surface area contributed by atoms with E-state index in [1.165, 1.54) is 0 Å². The number of carbonyl (C=O) groups excluding carboxylic acids is 1. The highest BCUT2D eigenvalue weighted by molar-refractivity contribution is 5.85. The molecule has 1 aromatic rings. The third kappa shape index (κ3) is 8.51. The molecule has 1 amide bonds. The van der Waals surface area contributed by atoms with Crippen molar-refractivity contribution in [2.45, 2.75) is 31.7 Å². The van der Waals surface area contributed by atoms with Crippen LogP contribution in [-0.2, 0) is 11.2 Å². The molecule has 0 saturated carbocycles. The normalized spacial score (nSPS) is 14.7. The molecule has 132 valence electrons. The molecule has 0 aliphatic carbocycles. The molecule has 7 heteroatoms. The zero-order valence-electron chi connectivity index (χ0n) is 13.7. The fourth-order valence-corrected chi connectivity index (χ4v) is 2.70. The lowest BCUT2D eigenvalue weighted by molar-refractivity contribution is -0.122. The second-order valence-electron chi connectivity index (χ2n) is 5.67. The number of hydrogen-bond acceptors (Lipinski definition) is 4. The van der Waals surface area contributed by atoms with Crippen LogP contribution in [0.3, 0.4) is 0 Å². The molecule has 0 aromatic carbocycles. The summed E-state index contributed by atoms with van der Waals surface area (Å²) in [7, 11) is 2.05. The van der Waals surface area contributed by atoms with Crippen LogP contribution in [0.15, 0.2) is 24.4 Å². The molecule has 1 aromatic heterocycles. The lowest BCUT2D eigenvalue weighted by Gasteiger charge is -2.31.